The Bertz CT molecular complexity index is 632. The molecule has 122 valence electrons. The van der Waals surface area contributed by atoms with Crippen LogP contribution in [-0.2, 0) is 11.2 Å². The van der Waals surface area contributed by atoms with E-state index in [1.54, 1.807) is 12.3 Å². The van der Waals surface area contributed by atoms with Crippen molar-refractivity contribution in [3.05, 3.63) is 58.9 Å². The summed E-state index contributed by atoms with van der Waals surface area (Å²) in [7, 11) is 0. The summed E-state index contributed by atoms with van der Waals surface area (Å²) in [4.78, 5) is 16.0. The molecule has 1 aromatic carbocycles. The van der Waals surface area contributed by atoms with Gasteiger partial charge in [-0.25, -0.2) is 0 Å². The molecule has 0 saturated heterocycles. The van der Waals surface area contributed by atoms with E-state index in [0.717, 1.165) is 23.4 Å². The lowest BCUT2D eigenvalue weighted by molar-refractivity contribution is -0.121. The molecule has 0 atom stereocenters. The number of pyridine rings is 1. The number of amides is 1. The van der Waals surface area contributed by atoms with Crippen LogP contribution in [0, 0.1) is 6.92 Å². The molecule has 0 bridgehead atoms. The number of nitrogens with one attached hydrogen (secondary N) is 1. The predicted molar refractivity (Wildman–Crippen MR) is 91.9 cm³/mol. The van der Waals surface area contributed by atoms with Crippen LogP contribution in [-0.4, -0.2) is 24.0 Å². The summed E-state index contributed by atoms with van der Waals surface area (Å²) in [6.07, 6.45) is 3.63. The van der Waals surface area contributed by atoms with Crippen LogP contribution in [0.15, 0.2) is 42.6 Å². The van der Waals surface area contributed by atoms with Crippen LogP contribution in [0.2, 0.25) is 5.02 Å². The quantitative estimate of drug-likeness (QED) is 0.752. The molecule has 4 nitrogen and oxygen atoms in total. The summed E-state index contributed by atoms with van der Waals surface area (Å²) >= 11 is 5.90. The molecule has 0 aliphatic heterocycles. The third-order valence-electron chi connectivity index (χ3n) is 3.37. The minimum Gasteiger partial charge on any atom is -0.493 e. The van der Waals surface area contributed by atoms with Gasteiger partial charge in [-0.3, -0.25) is 9.78 Å². The zero-order valence-electron chi connectivity index (χ0n) is 13.2. The Morgan fingerprint density at radius 3 is 2.91 bits per heavy atom. The third kappa shape index (κ3) is 6.28. The topological polar surface area (TPSA) is 51.2 Å². The van der Waals surface area contributed by atoms with E-state index >= 15 is 0 Å². The second kappa shape index (κ2) is 9.16. The number of aryl methyl sites for hydroxylation is 1. The number of halogens is 1. The fourth-order valence-corrected chi connectivity index (χ4v) is 2.38. The largest absolute Gasteiger partial charge is 0.493 e. The van der Waals surface area contributed by atoms with Gasteiger partial charge < -0.3 is 10.1 Å². The lowest BCUT2D eigenvalue weighted by Gasteiger charge is -2.09. The van der Waals surface area contributed by atoms with E-state index in [2.05, 4.69) is 10.3 Å². The van der Waals surface area contributed by atoms with Gasteiger partial charge in [0.15, 0.2) is 0 Å². The highest BCUT2D eigenvalue weighted by Crippen LogP contribution is 2.21. The first-order chi connectivity index (χ1) is 11.1. The standard InChI is InChI=1S/C18H21ClN2O2/c1-14-13-15(19)7-8-17(14)23-12-4-6-18(22)21-11-9-16-5-2-3-10-20-16/h2-3,5,7-8,10,13H,4,6,9,11-12H2,1H3,(H,21,22). The van der Waals surface area contributed by atoms with Gasteiger partial charge in [0.25, 0.3) is 0 Å². The van der Waals surface area contributed by atoms with Crippen LogP contribution in [0.4, 0.5) is 0 Å². The number of ether oxygens (including phenoxy) is 1. The molecular weight excluding hydrogens is 312 g/mol. The number of rotatable bonds is 8. The smallest absolute Gasteiger partial charge is 0.220 e. The first-order valence-corrected chi connectivity index (χ1v) is 8.08. The van der Waals surface area contributed by atoms with E-state index in [0.29, 0.717) is 31.0 Å². The molecule has 0 fully saturated rings. The van der Waals surface area contributed by atoms with Crippen molar-refractivity contribution in [1.29, 1.82) is 0 Å². The van der Waals surface area contributed by atoms with E-state index in [1.165, 1.54) is 0 Å². The van der Waals surface area contributed by atoms with E-state index in [-0.39, 0.29) is 5.91 Å². The molecule has 2 rings (SSSR count). The molecule has 0 spiro atoms. The highest BCUT2D eigenvalue weighted by molar-refractivity contribution is 6.30. The van der Waals surface area contributed by atoms with Gasteiger partial charge in [0.2, 0.25) is 5.91 Å². The van der Waals surface area contributed by atoms with E-state index < -0.39 is 0 Å². The van der Waals surface area contributed by atoms with Crippen LogP contribution in [0.25, 0.3) is 0 Å². The number of nitrogens with zero attached hydrogens (tertiary/aromatic N) is 1. The van der Waals surface area contributed by atoms with Gasteiger partial charge in [0.1, 0.15) is 5.75 Å². The maximum absolute atomic E-state index is 11.8. The molecule has 2 aromatic rings. The molecule has 0 aliphatic rings. The fraction of sp³-hybridized carbons (Fsp3) is 0.333. The number of carbonyl (C=O) groups excluding carboxylic acids is 1. The van der Waals surface area contributed by atoms with E-state index in [1.807, 2.05) is 37.3 Å². The molecule has 1 N–H and O–H groups in total. The number of aromatic nitrogens is 1. The second-order valence-corrected chi connectivity index (χ2v) is 5.72. The lowest BCUT2D eigenvalue weighted by atomic mass is 10.2. The molecule has 0 saturated carbocycles. The van der Waals surface area contributed by atoms with Crippen molar-refractivity contribution in [3.63, 3.8) is 0 Å². The van der Waals surface area contributed by atoms with Crippen molar-refractivity contribution < 1.29 is 9.53 Å². The Balaban J connectivity index is 1.59. The summed E-state index contributed by atoms with van der Waals surface area (Å²) < 4.78 is 5.67. The Kier molecular flexibility index (Phi) is 6.88. The average molecular weight is 333 g/mol. The molecule has 0 unspecified atom stereocenters. The van der Waals surface area contributed by atoms with E-state index in [4.69, 9.17) is 16.3 Å². The van der Waals surface area contributed by atoms with Crippen LogP contribution >= 0.6 is 11.6 Å². The highest BCUT2D eigenvalue weighted by atomic mass is 35.5. The molecule has 23 heavy (non-hydrogen) atoms. The third-order valence-corrected chi connectivity index (χ3v) is 3.61. The van der Waals surface area contributed by atoms with Gasteiger partial charge in [-0.05, 0) is 49.2 Å². The highest BCUT2D eigenvalue weighted by Gasteiger charge is 2.03. The monoisotopic (exact) mass is 332 g/mol. The van der Waals surface area contributed by atoms with Crippen molar-refractivity contribution in [2.75, 3.05) is 13.2 Å². The second-order valence-electron chi connectivity index (χ2n) is 5.28. The van der Waals surface area contributed by atoms with E-state index in [9.17, 15) is 4.79 Å². The van der Waals surface area contributed by atoms with Gasteiger partial charge >= 0.3 is 0 Å². The molecule has 0 aliphatic carbocycles. The van der Waals surface area contributed by atoms with Gasteiger partial charge in [-0.15, -0.1) is 0 Å². The van der Waals surface area contributed by atoms with Crippen molar-refractivity contribution in [2.24, 2.45) is 0 Å². The number of carbonyl (C=O) groups is 1. The summed E-state index contributed by atoms with van der Waals surface area (Å²) in [5, 5.41) is 3.59. The van der Waals surface area contributed by atoms with Crippen LogP contribution in [0.1, 0.15) is 24.1 Å². The van der Waals surface area contributed by atoms with Crippen molar-refractivity contribution in [1.82, 2.24) is 10.3 Å². The number of benzene rings is 1. The molecule has 1 heterocycles. The maximum atomic E-state index is 11.8. The van der Waals surface area contributed by atoms with Crippen molar-refractivity contribution in [3.8, 4) is 5.75 Å². The van der Waals surface area contributed by atoms with Crippen molar-refractivity contribution >= 4 is 17.5 Å². The average Bonchev–Trinajstić information content (AvgIpc) is 2.54. The summed E-state index contributed by atoms with van der Waals surface area (Å²) in [6.45, 7) is 3.06. The fourth-order valence-electron chi connectivity index (χ4n) is 2.15. The normalized spacial score (nSPS) is 10.3. The first kappa shape index (κ1) is 17.3. The van der Waals surface area contributed by atoms with Gasteiger partial charge in [0, 0.05) is 36.3 Å². The first-order valence-electron chi connectivity index (χ1n) is 7.71. The molecule has 1 aromatic heterocycles. The maximum Gasteiger partial charge on any atom is 0.220 e. The van der Waals surface area contributed by atoms with Gasteiger partial charge in [-0.2, -0.15) is 0 Å². The molecule has 1 amide bonds. The van der Waals surface area contributed by atoms with Crippen molar-refractivity contribution in [2.45, 2.75) is 26.2 Å². The molecule has 0 radical (unpaired) electrons. The van der Waals surface area contributed by atoms with Gasteiger partial charge in [-0.1, -0.05) is 17.7 Å². The zero-order chi connectivity index (χ0) is 16.5. The van der Waals surface area contributed by atoms with Crippen LogP contribution in [0.5, 0.6) is 5.75 Å². The number of hydrogen-bond acceptors (Lipinski definition) is 3. The Morgan fingerprint density at radius 2 is 2.17 bits per heavy atom. The molecular formula is C18H21ClN2O2. The van der Waals surface area contributed by atoms with Crippen LogP contribution in [0.3, 0.4) is 0 Å². The summed E-state index contributed by atoms with van der Waals surface area (Å²) in [5.41, 5.74) is 1.98. The Labute approximate surface area is 141 Å². The van der Waals surface area contributed by atoms with Crippen LogP contribution < -0.4 is 10.1 Å². The zero-order valence-corrected chi connectivity index (χ0v) is 14.0. The minimum atomic E-state index is 0.0392. The number of hydrogen-bond donors (Lipinski definition) is 1. The predicted octanol–water partition coefficient (Wildman–Crippen LogP) is 3.56. The Hall–Kier alpha value is -2.07. The summed E-state index contributed by atoms with van der Waals surface area (Å²) in [5.74, 6) is 0.849. The molecule has 5 heteroatoms. The Morgan fingerprint density at radius 1 is 1.30 bits per heavy atom. The minimum absolute atomic E-state index is 0.0392. The lowest BCUT2D eigenvalue weighted by Crippen LogP contribution is -2.26. The SMILES string of the molecule is Cc1cc(Cl)ccc1OCCCC(=O)NCCc1ccccn1. The van der Waals surface area contributed by atoms with Gasteiger partial charge in [0.05, 0.1) is 6.61 Å². The summed E-state index contributed by atoms with van der Waals surface area (Å²) in [6, 6.07) is 11.3.